The van der Waals surface area contributed by atoms with Crippen LogP contribution in [0.5, 0.6) is 0 Å². The molecule has 3 heterocycles. The number of carbonyl (C=O) groups excluding carboxylic acids is 1. The Balaban J connectivity index is 1.55. The quantitative estimate of drug-likeness (QED) is 0.815. The molecule has 0 spiro atoms. The first-order chi connectivity index (χ1) is 11.6. The molecule has 1 atom stereocenters. The largest absolute Gasteiger partial charge is 0.348 e. The highest BCUT2D eigenvalue weighted by Crippen LogP contribution is 2.37. The van der Waals surface area contributed by atoms with Gasteiger partial charge in [0.05, 0.1) is 29.9 Å². The van der Waals surface area contributed by atoms with Crippen molar-refractivity contribution in [1.29, 1.82) is 0 Å². The number of aromatic nitrogens is 3. The minimum absolute atomic E-state index is 0.245. The molecule has 2 aliphatic rings. The second kappa shape index (κ2) is 5.65. The fraction of sp³-hybridized carbons (Fsp3) is 0.474. The van der Waals surface area contributed by atoms with Crippen LogP contribution in [0.25, 0.3) is 0 Å². The average Bonchev–Trinajstić information content (AvgIpc) is 3.28. The summed E-state index contributed by atoms with van der Waals surface area (Å²) < 4.78 is 4.07. The fourth-order valence-corrected chi connectivity index (χ4v) is 3.93. The second-order valence-electron chi connectivity index (χ2n) is 7.29. The lowest BCUT2D eigenvalue weighted by molar-refractivity contribution is -0.142. The molecule has 5 heteroatoms. The minimum atomic E-state index is -0.245. The van der Waals surface area contributed by atoms with Crippen molar-refractivity contribution < 1.29 is 4.79 Å². The molecular formula is C19H24N4O. The second-order valence-corrected chi connectivity index (χ2v) is 7.29. The first kappa shape index (κ1) is 15.2. The maximum atomic E-state index is 13.1. The Morgan fingerprint density at radius 3 is 2.75 bits per heavy atom. The highest BCUT2D eigenvalue weighted by atomic mass is 16.2. The van der Waals surface area contributed by atoms with Gasteiger partial charge in [-0.05, 0) is 31.4 Å². The molecule has 0 radical (unpaired) electrons. The third kappa shape index (κ3) is 2.48. The van der Waals surface area contributed by atoms with Gasteiger partial charge in [-0.2, -0.15) is 5.10 Å². The van der Waals surface area contributed by atoms with E-state index in [0.717, 1.165) is 31.5 Å². The SMILES string of the molecule is Cn1nc(Cn2cccc2)c2c1CN(C(=O)C1(C)CC=CCC1)C2. The minimum Gasteiger partial charge on any atom is -0.348 e. The van der Waals surface area contributed by atoms with Crippen molar-refractivity contribution in [3.8, 4) is 0 Å². The number of rotatable bonds is 3. The Kier molecular flexibility index (Phi) is 3.59. The monoisotopic (exact) mass is 324 g/mol. The predicted molar refractivity (Wildman–Crippen MR) is 92.1 cm³/mol. The molecule has 0 bridgehead atoms. The van der Waals surface area contributed by atoms with E-state index in [4.69, 9.17) is 0 Å². The van der Waals surface area contributed by atoms with Gasteiger partial charge in [0, 0.05) is 31.5 Å². The van der Waals surface area contributed by atoms with Crippen LogP contribution in [0.4, 0.5) is 0 Å². The van der Waals surface area contributed by atoms with Crippen LogP contribution >= 0.6 is 0 Å². The van der Waals surface area contributed by atoms with E-state index in [1.165, 1.54) is 11.3 Å². The van der Waals surface area contributed by atoms with Crippen LogP contribution in [-0.4, -0.2) is 25.2 Å². The first-order valence-electron chi connectivity index (χ1n) is 8.65. The van der Waals surface area contributed by atoms with Crippen molar-refractivity contribution in [3.05, 3.63) is 53.6 Å². The molecule has 2 aromatic heterocycles. The zero-order valence-corrected chi connectivity index (χ0v) is 14.4. The lowest BCUT2D eigenvalue weighted by atomic mass is 9.78. The van der Waals surface area contributed by atoms with E-state index in [9.17, 15) is 4.79 Å². The number of hydrogen-bond donors (Lipinski definition) is 0. The molecule has 0 aromatic carbocycles. The summed E-state index contributed by atoms with van der Waals surface area (Å²) in [4.78, 5) is 15.1. The van der Waals surface area contributed by atoms with Gasteiger partial charge in [0.1, 0.15) is 0 Å². The van der Waals surface area contributed by atoms with Crippen molar-refractivity contribution in [2.45, 2.75) is 45.8 Å². The number of aryl methyl sites for hydroxylation is 1. The summed E-state index contributed by atoms with van der Waals surface area (Å²) in [7, 11) is 1.98. The van der Waals surface area contributed by atoms with Crippen LogP contribution < -0.4 is 0 Å². The summed E-state index contributed by atoms with van der Waals surface area (Å²) in [5.74, 6) is 0.287. The van der Waals surface area contributed by atoms with Crippen molar-refractivity contribution in [3.63, 3.8) is 0 Å². The van der Waals surface area contributed by atoms with Crippen LogP contribution in [0, 0.1) is 5.41 Å². The van der Waals surface area contributed by atoms with Gasteiger partial charge in [0.15, 0.2) is 0 Å². The van der Waals surface area contributed by atoms with Crippen LogP contribution in [0.3, 0.4) is 0 Å². The smallest absolute Gasteiger partial charge is 0.229 e. The van der Waals surface area contributed by atoms with Gasteiger partial charge in [0.25, 0.3) is 0 Å². The Morgan fingerprint density at radius 2 is 2.04 bits per heavy atom. The summed E-state index contributed by atoms with van der Waals surface area (Å²) >= 11 is 0. The maximum absolute atomic E-state index is 13.1. The highest BCUT2D eigenvalue weighted by molar-refractivity contribution is 5.83. The molecule has 1 amide bonds. The van der Waals surface area contributed by atoms with E-state index in [2.05, 4.69) is 28.7 Å². The average molecular weight is 324 g/mol. The summed E-state index contributed by atoms with van der Waals surface area (Å²) in [6, 6.07) is 4.05. The van der Waals surface area contributed by atoms with Crippen molar-refractivity contribution in [2.24, 2.45) is 12.5 Å². The molecule has 1 aliphatic carbocycles. The van der Waals surface area contributed by atoms with Crippen molar-refractivity contribution in [2.75, 3.05) is 0 Å². The molecule has 0 N–H and O–H groups in total. The summed E-state index contributed by atoms with van der Waals surface area (Å²) in [5.41, 5.74) is 3.24. The van der Waals surface area contributed by atoms with E-state index in [1.54, 1.807) is 0 Å². The summed E-state index contributed by atoms with van der Waals surface area (Å²) in [6.07, 6.45) is 11.2. The molecule has 2 aromatic rings. The summed E-state index contributed by atoms with van der Waals surface area (Å²) in [6.45, 7) is 4.25. The van der Waals surface area contributed by atoms with Crippen molar-refractivity contribution >= 4 is 5.91 Å². The Bertz CT molecular complexity index is 787. The third-order valence-corrected chi connectivity index (χ3v) is 5.45. The standard InChI is InChI=1S/C19H24N4O/c1-19(8-4-3-5-9-19)18(24)23-12-15-16(13-22-10-6-7-11-22)20-21(2)17(15)14-23/h3-4,6-7,10-11H,5,8-9,12-14H2,1-2H3. The number of fused-ring (bicyclic) bond motifs is 1. The zero-order valence-electron chi connectivity index (χ0n) is 14.4. The Hall–Kier alpha value is -2.30. The van der Waals surface area contributed by atoms with E-state index in [1.807, 2.05) is 41.2 Å². The maximum Gasteiger partial charge on any atom is 0.229 e. The number of amides is 1. The van der Waals surface area contributed by atoms with Gasteiger partial charge in [-0.1, -0.05) is 19.1 Å². The zero-order chi connectivity index (χ0) is 16.7. The molecule has 24 heavy (non-hydrogen) atoms. The Labute approximate surface area is 142 Å². The van der Waals surface area contributed by atoms with Gasteiger partial charge in [-0.25, -0.2) is 0 Å². The van der Waals surface area contributed by atoms with Gasteiger partial charge in [-0.3, -0.25) is 9.48 Å². The number of carbonyl (C=O) groups is 1. The van der Waals surface area contributed by atoms with E-state index < -0.39 is 0 Å². The molecule has 0 saturated carbocycles. The normalized spacial score (nSPS) is 22.8. The third-order valence-electron chi connectivity index (χ3n) is 5.45. The molecule has 4 rings (SSSR count). The topological polar surface area (TPSA) is 43.1 Å². The molecule has 1 unspecified atom stereocenters. The van der Waals surface area contributed by atoms with Crippen LogP contribution in [0.1, 0.15) is 43.1 Å². The first-order valence-corrected chi connectivity index (χ1v) is 8.65. The molecule has 126 valence electrons. The molecular weight excluding hydrogens is 300 g/mol. The summed E-state index contributed by atoms with van der Waals surface area (Å²) in [5, 5.41) is 4.68. The lowest BCUT2D eigenvalue weighted by Gasteiger charge is -2.33. The van der Waals surface area contributed by atoms with Gasteiger partial charge in [0.2, 0.25) is 5.91 Å². The van der Waals surface area contributed by atoms with Gasteiger partial charge >= 0.3 is 0 Å². The van der Waals surface area contributed by atoms with Crippen LogP contribution in [-0.2, 0) is 31.5 Å². The van der Waals surface area contributed by atoms with E-state index in [-0.39, 0.29) is 11.3 Å². The molecule has 0 fully saturated rings. The van der Waals surface area contributed by atoms with Crippen molar-refractivity contribution in [1.82, 2.24) is 19.2 Å². The fourth-order valence-electron chi connectivity index (χ4n) is 3.93. The van der Waals surface area contributed by atoms with E-state index >= 15 is 0 Å². The highest BCUT2D eigenvalue weighted by Gasteiger charge is 2.39. The predicted octanol–water partition coefficient (Wildman–Crippen LogP) is 2.86. The lowest BCUT2D eigenvalue weighted by Crippen LogP contribution is -2.40. The van der Waals surface area contributed by atoms with E-state index in [0.29, 0.717) is 13.1 Å². The van der Waals surface area contributed by atoms with Gasteiger partial charge in [-0.15, -0.1) is 0 Å². The molecule has 1 aliphatic heterocycles. The Morgan fingerprint density at radius 1 is 1.25 bits per heavy atom. The number of allylic oxidation sites excluding steroid dienone is 2. The molecule has 5 nitrogen and oxygen atoms in total. The van der Waals surface area contributed by atoms with Crippen LogP contribution in [0.15, 0.2) is 36.7 Å². The van der Waals surface area contributed by atoms with Crippen LogP contribution in [0.2, 0.25) is 0 Å². The molecule has 0 saturated heterocycles. The van der Waals surface area contributed by atoms with Gasteiger partial charge < -0.3 is 9.47 Å². The number of hydrogen-bond acceptors (Lipinski definition) is 2. The number of nitrogens with zero attached hydrogens (tertiary/aromatic N) is 4.